The number of rotatable bonds is 5. The average molecular weight is 295 g/mol. The molecule has 0 aromatic rings. The van der Waals surface area contributed by atoms with Gasteiger partial charge in [0.25, 0.3) is 0 Å². The smallest absolute Gasteiger partial charge is 0.156 e. The van der Waals surface area contributed by atoms with Crippen LogP contribution in [-0.2, 0) is 9.53 Å². The fourth-order valence-corrected chi connectivity index (χ4v) is 4.63. The van der Waals surface area contributed by atoms with Gasteiger partial charge in [-0.3, -0.25) is 9.69 Å². The van der Waals surface area contributed by atoms with Gasteiger partial charge in [-0.05, 0) is 52.6 Å². The maximum Gasteiger partial charge on any atom is 0.156 e. The first-order valence-electron chi connectivity index (χ1n) is 8.85. The fourth-order valence-electron chi connectivity index (χ4n) is 4.63. The summed E-state index contributed by atoms with van der Waals surface area (Å²) in [4.78, 5) is 15.4. The predicted molar refractivity (Wildman–Crippen MR) is 86.5 cm³/mol. The second-order valence-electron chi connectivity index (χ2n) is 7.28. The van der Waals surface area contributed by atoms with Crippen molar-refractivity contribution in [3.8, 4) is 0 Å². The fraction of sp³-hybridized carbons (Fsp3) is 0.944. The van der Waals surface area contributed by atoms with E-state index in [4.69, 9.17) is 4.74 Å². The van der Waals surface area contributed by atoms with Gasteiger partial charge in [-0.2, -0.15) is 0 Å². The van der Waals surface area contributed by atoms with Gasteiger partial charge < -0.3 is 4.74 Å². The zero-order valence-corrected chi connectivity index (χ0v) is 14.4. The lowest BCUT2D eigenvalue weighted by Crippen LogP contribution is -2.55. The molecule has 1 heterocycles. The molecule has 3 nitrogen and oxygen atoms in total. The summed E-state index contributed by atoms with van der Waals surface area (Å²) >= 11 is 0. The molecule has 21 heavy (non-hydrogen) atoms. The standard InChI is InChI=1S/C18H33NO2/c1-5-18(6-2,19(3)4)16(20)15-10-13-21-17(14-15)11-8-7-9-12-17/h15H,5-14H2,1-4H3. The first kappa shape index (κ1) is 17.0. The zero-order valence-electron chi connectivity index (χ0n) is 14.4. The molecule has 1 atom stereocenters. The number of ketones is 1. The van der Waals surface area contributed by atoms with E-state index in [0.29, 0.717) is 5.78 Å². The number of hydrogen-bond acceptors (Lipinski definition) is 3. The first-order chi connectivity index (χ1) is 9.99. The largest absolute Gasteiger partial charge is 0.375 e. The van der Waals surface area contributed by atoms with E-state index in [0.717, 1.165) is 45.1 Å². The van der Waals surface area contributed by atoms with Gasteiger partial charge in [0, 0.05) is 12.5 Å². The number of Topliss-reactive ketones (excluding diaryl/α,β-unsaturated/α-hetero) is 1. The summed E-state index contributed by atoms with van der Waals surface area (Å²) in [5.41, 5.74) is -0.256. The third kappa shape index (κ3) is 3.19. The maximum atomic E-state index is 13.3. The Morgan fingerprint density at radius 3 is 2.33 bits per heavy atom. The molecule has 1 aliphatic carbocycles. The molecular formula is C18H33NO2. The van der Waals surface area contributed by atoms with Gasteiger partial charge in [-0.1, -0.05) is 33.1 Å². The van der Waals surface area contributed by atoms with Crippen molar-refractivity contribution in [2.45, 2.75) is 82.8 Å². The molecule has 2 rings (SSSR count). The molecule has 122 valence electrons. The van der Waals surface area contributed by atoms with E-state index in [1.54, 1.807) is 0 Å². The van der Waals surface area contributed by atoms with Crippen molar-refractivity contribution >= 4 is 5.78 Å². The minimum Gasteiger partial charge on any atom is -0.375 e. The Bertz CT molecular complexity index is 349. The number of ether oxygens (including phenoxy) is 1. The van der Waals surface area contributed by atoms with E-state index in [9.17, 15) is 4.79 Å². The van der Waals surface area contributed by atoms with Gasteiger partial charge in [0.2, 0.25) is 0 Å². The van der Waals surface area contributed by atoms with Gasteiger partial charge in [0.1, 0.15) is 0 Å². The highest BCUT2D eigenvalue weighted by molar-refractivity contribution is 5.90. The number of nitrogens with zero attached hydrogens (tertiary/aromatic N) is 1. The van der Waals surface area contributed by atoms with Crippen LogP contribution in [0, 0.1) is 5.92 Å². The van der Waals surface area contributed by atoms with Crippen LogP contribution in [0.5, 0.6) is 0 Å². The van der Waals surface area contributed by atoms with Crippen molar-refractivity contribution in [3.63, 3.8) is 0 Å². The summed E-state index contributed by atoms with van der Waals surface area (Å²) in [5, 5.41) is 0. The van der Waals surface area contributed by atoms with Crippen LogP contribution in [-0.4, -0.2) is 42.5 Å². The van der Waals surface area contributed by atoms with Crippen LogP contribution in [0.1, 0.15) is 71.6 Å². The number of likely N-dealkylation sites (N-methyl/N-ethyl adjacent to an activating group) is 1. The Hall–Kier alpha value is -0.410. The van der Waals surface area contributed by atoms with Crippen molar-refractivity contribution in [3.05, 3.63) is 0 Å². The Labute approximate surface area is 130 Å². The van der Waals surface area contributed by atoms with Crippen LogP contribution in [0.2, 0.25) is 0 Å². The normalized spacial score (nSPS) is 26.2. The molecule has 2 aliphatic rings. The number of carbonyl (C=O) groups excluding carboxylic acids is 1. The molecule has 1 unspecified atom stereocenters. The molecule has 0 N–H and O–H groups in total. The first-order valence-corrected chi connectivity index (χ1v) is 8.85. The Morgan fingerprint density at radius 2 is 1.81 bits per heavy atom. The lowest BCUT2D eigenvalue weighted by Gasteiger charge is -2.46. The van der Waals surface area contributed by atoms with Crippen LogP contribution >= 0.6 is 0 Å². The molecule has 1 saturated heterocycles. The summed E-state index contributed by atoms with van der Waals surface area (Å²) in [7, 11) is 4.11. The highest BCUT2D eigenvalue weighted by Gasteiger charge is 2.46. The number of carbonyl (C=O) groups is 1. The monoisotopic (exact) mass is 295 g/mol. The van der Waals surface area contributed by atoms with Crippen molar-refractivity contribution in [2.24, 2.45) is 5.92 Å². The molecule has 1 spiro atoms. The SMILES string of the molecule is CCC(CC)(C(=O)C1CCOC2(CCCCC2)C1)N(C)C. The molecule has 1 aliphatic heterocycles. The molecule has 2 fully saturated rings. The molecule has 0 radical (unpaired) electrons. The van der Waals surface area contributed by atoms with Gasteiger partial charge in [0.05, 0.1) is 11.1 Å². The summed E-state index contributed by atoms with van der Waals surface area (Å²) in [6.07, 6.45) is 9.85. The Morgan fingerprint density at radius 1 is 1.19 bits per heavy atom. The predicted octanol–water partition coefficient (Wildman–Crippen LogP) is 3.81. The minimum absolute atomic E-state index is 0.0242. The van der Waals surface area contributed by atoms with Crippen LogP contribution in [0.4, 0.5) is 0 Å². The summed E-state index contributed by atoms with van der Waals surface area (Å²) in [5.74, 6) is 0.657. The zero-order chi connectivity index (χ0) is 15.5. The molecule has 0 aromatic carbocycles. The molecular weight excluding hydrogens is 262 g/mol. The van der Waals surface area contributed by atoms with E-state index in [1.807, 2.05) is 0 Å². The van der Waals surface area contributed by atoms with Crippen molar-refractivity contribution < 1.29 is 9.53 Å². The van der Waals surface area contributed by atoms with Crippen molar-refractivity contribution in [1.29, 1.82) is 0 Å². The van der Waals surface area contributed by atoms with Crippen LogP contribution in [0.15, 0.2) is 0 Å². The van der Waals surface area contributed by atoms with E-state index < -0.39 is 0 Å². The van der Waals surface area contributed by atoms with Crippen molar-refractivity contribution in [1.82, 2.24) is 4.90 Å². The van der Waals surface area contributed by atoms with Gasteiger partial charge in [0.15, 0.2) is 5.78 Å². The molecule has 0 amide bonds. The molecule has 0 aromatic heterocycles. The van der Waals surface area contributed by atoms with Gasteiger partial charge in [-0.25, -0.2) is 0 Å². The topological polar surface area (TPSA) is 29.5 Å². The molecule has 0 bridgehead atoms. The third-order valence-corrected chi connectivity index (χ3v) is 6.11. The average Bonchev–Trinajstić information content (AvgIpc) is 2.49. The second kappa shape index (κ2) is 6.78. The summed E-state index contributed by atoms with van der Waals surface area (Å²) in [6, 6.07) is 0. The lowest BCUT2D eigenvalue weighted by molar-refractivity contribution is -0.152. The van der Waals surface area contributed by atoms with Crippen molar-refractivity contribution in [2.75, 3.05) is 20.7 Å². The van der Waals surface area contributed by atoms with Gasteiger partial charge in [-0.15, -0.1) is 0 Å². The second-order valence-corrected chi connectivity index (χ2v) is 7.28. The maximum absolute atomic E-state index is 13.3. The Kier molecular flexibility index (Phi) is 5.48. The van der Waals surface area contributed by atoms with Crippen LogP contribution in [0.25, 0.3) is 0 Å². The van der Waals surface area contributed by atoms with Gasteiger partial charge >= 0.3 is 0 Å². The van der Waals surface area contributed by atoms with E-state index in [2.05, 4.69) is 32.8 Å². The van der Waals surface area contributed by atoms with Crippen LogP contribution in [0.3, 0.4) is 0 Å². The van der Waals surface area contributed by atoms with E-state index in [-0.39, 0.29) is 17.1 Å². The molecule has 3 heteroatoms. The molecule has 1 saturated carbocycles. The number of hydrogen-bond donors (Lipinski definition) is 0. The highest BCUT2D eigenvalue weighted by atomic mass is 16.5. The summed E-state index contributed by atoms with van der Waals surface area (Å²) in [6.45, 7) is 5.07. The van der Waals surface area contributed by atoms with Crippen LogP contribution < -0.4 is 0 Å². The minimum atomic E-state index is -0.280. The quantitative estimate of drug-likeness (QED) is 0.772. The highest BCUT2D eigenvalue weighted by Crippen LogP contribution is 2.42. The third-order valence-electron chi connectivity index (χ3n) is 6.11. The van der Waals surface area contributed by atoms with E-state index >= 15 is 0 Å². The Balaban J connectivity index is 2.14. The lowest BCUT2D eigenvalue weighted by atomic mass is 9.70. The van der Waals surface area contributed by atoms with E-state index in [1.165, 1.54) is 19.3 Å². The summed E-state index contributed by atoms with van der Waals surface area (Å²) < 4.78 is 6.16.